The van der Waals surface area contributed by atoms with Crippen molar-refractivity contribution >= 4 is 0 Å². The van der Waals surface area contributed by atoms with Crippen molar-refractivity contribution in [2.24, 2.45) is 0 Å². The van der Waals surface area contributed by atoms with Crippen LogP contribution in [0.5, 0.6) is 0 Å². The Kier molecular flexibility index (Phi) is 32.3. The van der Waals surface area contributed by atoms with E-state index in [9.17, 15) is 0 Å². The molecular formula is C26H56. The van der Waals surface area contributed by atoms with Crippen LogP contribution in [0.3, 0.4) is 0 Å². The van der Waals surface area contributed by atoms with Crippen LogP contribution in [0.25, 0.3) is 0 Å². The molecule has 0 amide bonds. The van der Waals surface area contributed by atoms with Crippen LogP contribution in [0.4, 0.5) is 0 Å². The highest BCUT2D eigenvalue weighted by atomic mass is 14.0. The van der Waals surface area contributed by atoms with Crippen molar-refractivity contribution < 1.29 is 0 Å². The Hall–Kier alpha value is 0. The molecule has 160 valence electrons. The number of hydrogen-bond donors (Lipinski definition) is 0. The van der Waals surface area contributed by atoms with Gasteiger partial charge in [0.2, 0.25) is 0 Å². The van der Waals surface area contributed by atoms with Gasteiger partial charge in [-0.15, -0.1) is 0 Å². The minimum atomic E-state index is 1.36. The van der Waals surface area contributed by atoms with E-state index in [1.165, 1.54) is 141 Å². The van der Waals surface area contributed by atoms with Crippen molar-refractivity contribution in [2.45, 2.75) is 169 Å². The Labute approximate surface area is 169 Å². The van der Waals surface area contributed by atoms with E-state index >= 15 is 0 Å². The molecule has 0 radical (unpaired) electrons. The Morgan fingerprint density at radius 1 is 0.269 bits per heavy atom. The second-order valence-corrected chi connectivity index (χ2v) is 8.36. The zero-order valence-corrected chi connectivity index (χ0v) is 19.6. The van der Waals surface area contributed by atoms with E-state index < -0.39 is 0 Å². The van der Waals surface area contributed by atoms with Crippen molar-refractivity contribution in [1.82, 2.24) is 0 Å². The third kappa shape index (κ3) is 31.7. The fourth-order valence-electron chi connectivity index (χ4n) is 3.47. The van der Waals surface area contributed by atoms with E-state index in [1.807, 2.05) is 0 Å². The molecule has 0 saturated heterocycles. The van der Waals surface area contributed by atoms with Crippen LogP contribution in [0.2, 0.25) is 0 Å². The lowest BCUT2D eigenvalue weighted by Crippen LogP contribution is -1.85. The molecule has 0 aromatic heterocycles. The highest BCUT2D eigenvalue weighted by Gasteiger charge is 1.96. The van der Waals surface area contributed by atoms with E-state index in [2.05, 4.69) is 27.7 Å². The van der Waals surface area contributed by atoms with Gasteiger partial charge in [0.05, 0.1) is 0 Å². The maximum atomic E-state index is 2.25. The van der Waals surface area contributed by atoms with Crippen LogP contribution in [0.1, 0.15) is 169 Å². The highest BCUT2D eigenvalue weighted by molar-refractivity contribution is 4.51. The SMILES string of the molecule is C1CCCCC1.C1CCCCC1.CCCCCCC.CCCCCCC. The van der Waals surface area contributed by atoms with Gasteiger partial charge >= 0.3 is 0 Å². The van der Waals surface area contributed by atoms with Crippen molar-refractivity contribution in [3.63, 3.8) is 0 Å². The van der Waals surface area contributed by atoms with Crippen LogP contribution in [0.15, 0.2) is 0 Å². The minimum absolute atomic E-state index is 1.36. The molecule has 0 heteroatoms. The normalized spacial score (nSPS) is 16.2. The van der Waals surface area contributed by atoms with Gasteiger partial charge in [-0.1, -0.05) is 169 Å². The predicted octanol–water partition coefficient (Wildman–Crippen LogP) is 10.6. The van der Waals surface area contributed by atoms with Crippen LogP contribution in [-0.2, 0) is 0 Å². The third-order valence-electron chi connectivity index (χ3n) is 5.41. The summed E-state index contributed by atoms with van der Waals surface area (Å²) in [4.78, 5) is 0. The van der Waals surface area contributed by atoms with Crippen LogP contribution in [-0.4, -0.2) is 0 Å². The molecule has 0 unspecified atom stereocenters. The Morgan fingerprint density at radius 2 is 0.423 bits per heavy atom. The fraction of sp³-hybridized carbons (Fsp3) is 1.00. The number of hydrogen-bond acceptors (Lipinski definition) is 0. The summed E-state index contributed by atoms with van der Waals surface area (Å²) in [7, 11) is 0. The molecule has 2 rings (SSSR count). The van der Waals surface area contributed by atoms with Gasteiger partial charge in [0.25, 0.3) is 0 Å². The van der Waals surface area contributed by atoms with Gasteiger partial charge in [-0.2, -0.15) is 0 Å². The first-order valence-corrected chi connectivity index (χ1v) is 12.8. The van der Waals surface area contributed by atoms with Gasteiger partial charge in [0.15, 0.2) is 0 Å². The summed E-state index contributed by atoms with van der Waals surface area (Å²) in [5.41, 5.74) is 0. The smallest absolute Gasteiger partial charge is 0.0533 e. The number of rotatable bonds is 8. The first-order chi connectivity index (χ1) is 12.8. The second kappa shape index (κ2) is 29.8. The molecule has 0 aromatic carbocycles. The van der Waals surface area contributed by atoms with Gasteiger partial charge in [-0.3, -0.25) is 0 Å². The molecule has 0 spiro atoms. The molecule has 2 aliphatic carbocycles. The number of unbranched alkanes of at least 4 members (excludes halogenated alkanes) is 8. The van der Waals surface area contributed by atoms with Gasteiger partial charge in [-0.05, 0) is 0 Å². The molecule has 0 bridgehead atoms. The summed E-state index contributed by atoms with van der Waals surface area (Å²) < 4.78 is 0. The molecule has 0 atom stereocenters. The molecule has 0 aromatic rings. The zero-order chi connectivity index (χ0) is 19.6. The molecule has 2 aliphatic rings. The topological polar surface area (TPSA) is 0 Å². The molecule has 2 saturated carbocycles. The quantitative estimate of drug-likeness (QED) is 0.374. The Bertz CT molecular complexity index is 135. The van der Waals surface area contributed by atoms with Crippen molar-refractivity contribution in [2.75, 3.05) is 0 Å². The van der Waals surface area contributed by atoms with E-state index in [0.29, 0.717) is 0 Å². The third-order valence-corrected chi connectivity index (χ3v) is 5.41. The van der Waals surface area contributed by atoms with E-state index in [0.717, 1.165) is 0 Å². The van der Waals surface area contributed by atoms with Crippen LogP contribution in [0, 0.1) is 0 Å². The Balaban J connectivity index is 0. The second-order valence-electron chi connectivity index (χ2n) is 8.36. The summed E-state index contributed by atoms with van der Waals surface area (Å²) in [5, 5.41) is 0. The molecule has 0 aliphatic heterocycles. The molecule has 0 N–H and O–H groups in total. The maximum absolute atomic E-state index is 2.25. The van der Waals surface area contributed by atoms with Crippen molar-refractivity contribution in [3.05, 3.63) is 0 Å². The summed E-state index contributed by atoms with van der Waals surface area (Å²) in [5.74, 6) is 0. The highest BCUT2D eigenvalue weighted by Crippen LogP contribution is 2.15. The van der Waals surface area contributed by atoms with Crippen LogP contribution >= 0.6 is 0 Å². The van der Waals surface area contributed by atoms with Gasteiger partial charge < -0.3 is 0 Å². The van der Waals surface area contributed by atoms with Crippen molar-refractivity contribution in [3.8, 4) is 0 Å². The summed E-state index contributed by atoms with van der Waals surface area (Å²) >= 11 is 0. The predicted molar refractivity (Wildman–Crippen MR) is 124 cm³/mol. The Morgan fingerprint density at radius 3 is 0.538 bits per heavy atom. The molecular weight excluding hydrogens is 312 g/mol. The monoisotopic (exact) mass is 368 g/mol. The first kappa shape index (κ1) is 28.2. The fourth-order valence-corrected chi connectivity index (χ4v) is 3.47. The minimum Gasteiger partial charge on any atom is -0.0654 e. The standard InChI is InChI=1S/2C7H16.2C6H12/c2*1-3-5-7-6-4-2;2*1-2-4-6-5-3-1/h2*3-7H2,1-2H3;2*1-6H2. The molecule has 0 nitrogen and oxygen atoms in total. The largest absolute Gasteiger partial charge is 0.0654 e. The van der Waals surface area contributed by atoms with Crippen LogP contribution < -0.4 is 0 Å². The molecule has 26 heavy (non-hydrogen) atoms. The summed E-state index contributed by atoms with van der Waals surface area (Å²) in [6.07, 6.45) is 32.0. The lowest BCUT2D eigenvalue weighted by molar-refractivity contribution is 0.504. The lowest BCUT2D eigenvalue weighted by Gasteiger charge is -2.05. The molecule has 2 fully saturated rings. The zero-order valence-electron chi connectivity index (χ0n) is 19.6. The van der Waals surface area contributed by atoms with E-state index in [1.54, 1.807) is 0 Å². The maximum Gasteiger partial charge on any atom is -0.0533 e. The first-order valence-electron chi connectivity index (χ1n) is 12.8. The summed E-state index contributed by atoms with van der Waals surface area (Å²) in [6.45, 7) is 8.98. The average molecular weight is 369 g/mol. The average Bonchev–Trinajstić information content (AvgIpc) is 2.73. The summed E-state index contributed by atoms with van der Waals surface area (Å²) in [6, 6.07) is 0. The van der Waals surface area contributed by atoms with E-state index in [-0.39, 0.29) is 0 Å². The lowest BCUT2D eigenvalue weighted by atomic mass is 10.0. The van der Waals surface area contributed by atoms with Gasteiger partial charge in [0, 0.05) is 0 Å². The van der Waals surface area contributed by atoms with Crippen molar-refractivity contribution in [1.29, 1.82) is 0 Å². The molecule has 0 heterocycles. The van der Waals surface area contributed by atoms with Gasteiger partial charge in [0.1, 0.15) is 0 Å². The van der Waals surface area contributed by atoms with E-state index in [4.69, 9.17) is 0 Å². The van der Waals surface area contributed by atoms with Gasteiger partial charge in [-0.25, -0.2) is 0 Å².